The van der Waals surface area contributed by atoms with E-state index in [-0.39, 0.29) is 5.57 Å². The van der Waals surface area contributed by atoms with Crippen LogP contribution in [0.4, 0.5) is 10.5 Å². The van der Waals surface area contributed by atoms with Gasteiger partial charge in [-0.05, 0) is 72.2 Å². The first-order valence-electron chi connectivity index (χ1n) is 12.9. The van der Waals surface area contributed by atoms with Crippen molar-refractivity contribution in [3.63, 3.8) is 0 Å². The number of nitrogens with one attached hydrogen (secondary N) is 1. The molecule has 1 fully saturated rings. The molecule has 4 amide bonds. The van der Waals surface area contributed by atoms with E-state index >= 15 is 0 Å². The van der Waals surface area contributed by atoms with Gasteiger partial charge in [-0.25, -0.2) is 9.69 Å². The van der Waals surface area contributed by atoms with Crippen molar-refractivity contribution in [3.05, 3.63) is 102 Å². The van der Waals surface area contributed by atoms with Gasteiger partial charge in [-0.15, -0.1) is 11.8 Å². The molecule has 40 heavy (non-hydrogen) atoms. The quantitative estimate of drug-likeness (QED) is 0.112. The number of benzene rings is 4. The summed E-state index contributed by atoms with van der Waals surface area (Å²) in [5.41, 5.74) is 1.69. The molecule has 4 aromatic rings. The van der Waals surface area contributed by atoms with Gasteiger partial charge in [-0.2, -0.15) is 0 Å². The molecule has 1 heterocycles. The van der Waals surface area contributed by atoms with Gasteiger partial charge in [0, 0.05) is 10.6 Å². The number of carbonyl (C=O) groups excluding carboxylic acids is 3. The van der Waals surface area contributed by atoms with Gasteiger partial charge < -0.3 is 9.47 Å². The van der Waals surface area contributed by atoms with Crippen molar-refractivity contribution in [2.45, 2.75) is 18.7 Å². The third-order valence-corrected chi connectivity index (χ3v) is 7.33. The Labute approximate surface area is 236 Å². The molecule has 0 spiro atoms. The van der Waals surface area contributed by atoms with Crippen molar-refractivity contribution < 1.29 is 23.9 Å². The van der Waals surface area contributed by atoms with Crippen LogP contribution in [0, 0.1) is 6.92 Å². The molecule has 0 aliphatic carbocycles. The van der Waals surface area contributed by atoms with E-state index in [1.807, 2.05) is 32.0 Å². The third-order valence-electron chi connectivity index (χ3n) is 6.29. The van der Waals surface area contributed by atoms with Crippen molar-refractivity contribution in [1.29, 1.82) is 0 Å². The number of fused-ring (bicyclic) bond motifs is 1. The fourth-order valence-electron chi connectivity index (χ4n) is 4.45. The van der Waals surface area contributed by atoms with Crippen molar-refractivity contribution in [3.8, 4) is 11.5 Å². The number of nitrogens with zero attached hydrogens (tertiary/aromatic N) is 1. The van der Waals surface area contributed by atoms with E-state index in [1.54, 1.807) is 48.2 Å². The zero-order chi connectivity index (χ0) is 28.1. The molecule has 5 rings (SSSR count). The molecule has 202 valence electrons. The Morgan fingerprint density at radius 3 is 2.50 bits per heavy atom. The standard InChI is InChI=1S/C32H28N2O5S/c1-3-38-28-20-22(19-26-30(35)33-32(37)34(31(26)36)24-11-6-8-21(2)18-24)14-15-27(28)39-16-17-40-29-13-7-10-23-9-4-5-12-25(23)29/h4-15,18-20H,3,16-17H2,1-2H3,(H,33,35,37). The van der Waals surface area contributed by atoms with E-state index in [1.165, 1.54) is 21.7 Å². The molecule has 1 N–H and O–H groups in total. The average molecular weight is 553 g/mol. The van der Waals surface area contributed by atoms with Crippen LogP contribution in [0.1, 0.15) is 18.1 Å². The second-order valence-electron chi connectivity index (χ2n) is 9.11. The lowest BCUT2D eigenvalue weighted by molar-refractivity contribution is -0.122. The number of hydrogen-bond donors (Lipinski definition) is 1. The first kappa shape index (κ1) is 27.0. The van der Waals surface area contributed by atoms with Gasteiger partial charge in [-0.3, -0.25) is 14.9 Å². The molecule has 0 saturated carbocycles. The minimum atomic E-state index is -0.780. The third kappa shape index (κ3) is 5.87. The molecular formula is C32H28N2O5S. The van der Waals surface area contributed by atoms with Crippen LogP contribution in [0.5, 0.6) is 11.5 Å². The second-order valence-corrected chi connectivity index (χ2v) is 10.2. The first-order valence-corrected chi connectivity index (χ1v) is 13.9. The molecule has 7 nitrogen and oxygen atoms in total. The minimum Gasteiger partial charge on any atom is -0.490 e. The Morgan fingerprint density at radius 2 is 1.68 bits per heavy atom. The van der Waals surface area contributed by atoms with Gasteiger partial charge in [0.15, 0.2) is 11.5 Å². The average Bonchev–Trinajstić information content (AvgIpc) is 2.94. The highest BCUT2D eigenvalue weighted by Crippen LogP contribution is 2.32. The monoisotopic (exact) mass is 552 g/mol. The number of hydrogen-bond acceptors (Lipinski definition) is 6. The molecule has 0 radical (unpaired) electrons. The second kappa shape index (κ2) is 12.1. The van der Waals surface area contributed by atoms with E-state index < -0.39 is 17.8 Å². The molecule has 0 bridgehead atoms. The zero-order valence-electron chi connectivity index (χ0n) is 22.2. The predicted molar refractivity (Wildman–Crippen MR) is 158 cm³/mol. The maximum atomic E-state index is 13.2. The van der Waals surface area contributed by atoms with Crippen LogP contribution in [0.3, 0.4) is 0 Å². The summed E-state index contributed by atoms with van der Waals surface area (Å²) in [6.07, 6.45) is 1.45. The van der Waals surface area contributed by atoms with Gasteiger partial charge in [0.1, 0.15) is 5.57 Å². The fraction of sp³-hybridized carbons (Fsp3) is 0.156. The van der Waals surface area contributed by atoms with E-state index in [0.717, 1.165) is 16.2 Å². The number of carbonyl (C=O) groups is 3. The van der Waals surface area contributed by atoms with Crippen LogP contribution < -0.4 is 19.7 Å². The highest BCUT2D eigenvalue weighted by molar-refractivity contribution is 7.99. The normalized spacial score (nSPS) is 14.5. The molecule has 0 unspecified atom stereocenters. The number of aryl methyl sites for hydroxylation is 1. The predicted octanol–water partition coefficient (Wildman–Crippen LogP) is 6.38. The van der Waals surface area contributed by atoms with Gasteiger partial charge in [0.25, 0.3) is 11.8 Å². The van der Waals surface area contributed by atoms with Crippen molar-refractivity contribution >= 4 is 52.1 Å². The number of barbiturate groups is 1. The van der Waals surface area contributed by atoms with Crippen molar-refractivity contribution in [1.82, 2.24) is 5.32 Å². The molecule has 0 aromatic heterocycles. The minimum absolute atomic E-state index is 0.149. The largest absolute Gasteiger partial charge is 0.490 e. The number of anilines is 1. The maximum absolute atomic E-state index is 13.2. The van der Waals surface area contributed by atoms with Crippen molar-refractivity contribution in [2.75, 3.05) is 23.9 Å². The van der Waals surface area contributed by atoms with E-state index in [4.69, 9.17) is 9.47 Å². The summed E-state index contributed by atoms with van der Waals surface area (Å²) in [7, 11) is 0. The molecule has 0 atom stereocenters. The van der Waals surface area contributed by atoms with Crippen LogP contribution in [-0.2, 0) is 9.59 Å². The summed E-state index contributed by atoms with van der Waals surface area (Å²) in [6.45, 7) is 4.60. The van der Waals surface area contributed by atoms with E-state index in [2.05, 4.69) is 35.6 Å². The molecule has 4 aromatic carbocycles. The SMILES string of the molecule is CCOc1cc(C=C2C(=O)NC(=O)N(c3cccc(C)c3)C2=O)ccc1OCCSc1cccc2ccccc12. The zero-order valence-corrected chi connectivity index (χ0v) is 23.0. The van der Waals surface area contributed by atoms with Gasteiger partial charge in [-0.1, -0.05) is 54.6 Å². The number of imide groups is 2. The summed E-state index contributed by atoms with van der Waals surface area (Å²) >= 11 is 1.73. The molecule has 1 saturated heterocycles. The summed E-state index contributed by atoms with van der Waals surface area (Å²) in [4.78, 5) is 40.5. The Kier molecular flexibility index (Phi) is 8.17. The Morgan fingerprint density at radius 1 is 0.875 bits per heavy atom. The summed E-state index contributed by atoms with van der Waals surface area (Å²) < 4.78 is 11.8. The molecular weight excluding hydrogens is 524 g/mol. The van der Waals surface area contributed by atoms with Crippen LogP contribution >= 0.6 is 11.8 Å². The number of thioether (sulfide) groups is 1. The molecule has 8 heteroatoms. The number of rotatable bonds is 9. The van der Waals surface area contributed by atoms with Crippen LogP contribution in [0.2, 0.25) is 0 Å². The fourth-order valence-corrected chi connectivity index (χ4v) is 5.36. The summed E-state index contributed by atoms with van der Waals surface area (Å²) in [5, 5.41) is 4.68. The van der Waals surface area contributed by atoms with Gasteiger partial charge >= 0.3 is 6.03 Å². The highest BCUT2D eigenvalue weighted by Gasteiger charge is 2.36. The Balaban J connectivity index is 1.31. The lowest BCUT2D eigenvalue weighted by atomic mass is 10.1. The number of urea groups is 1. The lowest BCUT2D eigenvalue weighted by Gasteiger charge is -2.26. The summed E-state index contributed by atoms with van der Waals surface area (Å²) in [6, 6.07) is 26.0. The van der Waals surface area contributed by atoms with Gasteiger partial charge in [0.2, 0.25) is 0 Å². The topological polar surface area (TPSA) is 84.9 Å². The molecule has 1 aliphatic heterocycles. The van der Waals surface area contributed by atoms with Crippen LogP contribution in [0.15, 0.2) is 95.4 Å². The van der Waals surface area contributed by atoms with E-state index in [9.17, 15) is 14.4 Å². The molecule has 1 aliphatic rings. The maximum Gasteiger partial charge on any atom is 0.335 e. The Bertz CT molecular complexity index is 1630. The number of amides is 4. The van der Waals surface area contributed by atoms with Crippen LogP contribution in [0.25, 0.3) is 16.8 Å². The summed E-state index contributed by atoms with van der Waals surface area (Å²) in [5.74, 6) is 0.370. The van der Waals surface area contributed by atoms with E-state index in [0.29, 0.717) is 36.0 Å². The smallest absolute Gasteiger partial charge is 0.335 e. The Hall–Kier alpha value is -4.56. The van der Waals surface area contributed by atoms with Crippen LogP contribution in [-0.4, -0.2) is 36.8 Å². The highest BCUT2D eigenvalue weighted by atomic mass is 32.2. The van der Waals surface area contributed by atoms with Crippen molar-refractivity contribution in [2.24, 2.45) is 0 Å². The van der Waals surface area contributed by atoms with Gasteiger partial charge in [0.05, 0.1) is 18.9 Å². The lowest BCUT2D eigenvalue weighted by Crippen LogP contribution is -2.54. The first-order chi connectivity index (χ1) is 19.4. The number of ether oxygens (including phenoxy) is 2.